The molecule has 10 nitrogen and oxygen atoms in total. The lowest BCUT2D eigenvalue weighted by atomic mass is 9.92. The van der Waals surface area contributed by atoms with E-state index in [4.69, 9.17) is 47.6 Å². The number of hydrogen-bond donors (Lipinski definition) is 0. The molecule has 12 heteroatoms. The first-order valence-electron chi connectivity index (χ1n) is 37.9. The molecule has 8 aromatic heterocycles. The van der Waals surface area contributed by atoms with Gasteiger partial charge < -0.3 is 17.7 Å². The van der Waals surface area contributed by atoms with Crippen molar-refractivity contribution in [3.05, 3.63) is 340 Å². The molecule has 0 bridgehead atoms. The quantitative estimate of drug-likeness (QED) is 0.123. The second kappa shape index (κ2) is 25.4. The van der Waals surface area contributed by atoms with Crippen molar-refractivity contribution < 1.29 is 17.7 Å². The number of rotatable bonds is 11. The zero-order chi connectivity index (χ0) is 74.6. The predicted octanol–water partition coefficient (Wildman–Crippen LogP) is 28.7. The molecule has 530 valence electrons. The molecule has 0 aliphatic rings. The van der Waals surface area contributed by atoms with Crippen LogP contribution >= 0.6 is 22.7 Å². The Kier molecular flexibility index (Phi) is 14.3. The SMILES string of the molecule is c1ccc(-c2nc(-c3cccc(-c4ccc5c(c4)sc4c(-c6ccc7oc8ccccc8c7c6)ccc(-c6cccc7c6oc6cc(-c8nc(-c9ccccc9)nc(-c9ccccc9)n8)ccc67)c45)c3)nc(-c3ccc4c(c3)oc3c(-c5cc(-c6cccc7oc8ccccc8c67)cc6sc7ccccc7c56)cccc34)n2)cc1. The second-order valence-corrected chi connectivity index (χ2v) is 31.2. The smallest absolute Gasteiger partial charge is 0.164 e. The lowest BCUT2D eigenvalue weighted by molar-refractivity contribution is 0.668. The number of hydrogen-bond acceptors (Lipinski definition) is 12. The molecule has 0 N–H and O–H groups in total. The van der Waals surface area contributed by atoms with Crippen LogP contribution in [0.3, 0.4) is 0 Å². The lowest BCUT2D eigenvalue weighted by Crippen LogP contribution is -2.00. The Morgan fingerprint density at radius 2 is 0.605 bits per heavy atom. The molecule has 24 rings (SSSR count). The van der Waals surface area contributed by atoms with Crippen molar-refractivity contribution in [3.63, 3.8) is 0 Å². The van der Waals surface area contributed by atoms with E-state index < -0.39 is 0 Å². The Morgan fingerprint density at radius 3 is 1.26 bits per heavy atom. The van der Waals surface area contributed by atoms with E-state index in [0.717, 1.165) is 197 Å². The third kappa shape index (κ3) is 10.3. The molecule has 16 aromatic carbocycles. The maximum atomic E-state index is 7.20. The van der Waals surface area contributed by atoms with Crippen LogP contribution in [-0.2, 0) is 0 Å². The summed E-state index contributed by atoms with van der Waals surface area (Å²) in [7, 11) is 0. The van der Waals surface area contributed by atoms with Gasteiger partial charge in [-0.2, -0.15) is 0 Å². The van der Waals surface area contributed by atoms with Crippen LogP contribution in [0.4, 0.5) is 0 Å². The zero-order valence-electron chi connectivity index (χ0n) is 60.5. The van der Waals surface area contributed by atoms with Crippen LogP contribution < -0.4 is 0 Å². The first kappa shape index (κ1) is 64.0. The summed E-state index contributed by atoms with van der Waals surface area (Å²) in [5.74, 6) is 3.40. The molecule has 0 spiro atoms. The van der Waals surface area contributed by atoms with Crippen molar-refractivity contribution in [1.29, 1.82) is 0 Å². The number of benzene rings is 16. The fourth-order valence-electron chi connectivity index (χ4n) is 17.1. The van der Waals surface area contributed by atoms with Crippen molar-refractivity contribution in [2.45, 2.75) is 0 Å². The summed E-state index contributed by atoms with van der Waals surface area (Å²) in [6, 6.07) is 119. The molecule has 0 radical (unpaired) electrons. The summed E-state index contributed by atoms with van der Waals surface area (Å²) in [6.45, 7) is 0. The van der Waals surface area contributed by atoms with Crippen LogP contribution in [0.25, 0.3) is 252 Å². The van der Waals surface area contributed by atoms with Gasteiger partial charge in [-0.3, -0.25) is 0 Å². The van der Waals surface area contributed by atoms with Crippen LogP contribution in [0.2, 0.25) is 0 Å². The molecule has 0 aliphatic carbocycles. The molecular formula is C102H56N6O4S2. The summed E-state index contributed by atoms with van der Waals surface area (Å²) >= 11 is 3.63. The zero-order valence-corrected chi connectivity index (χ0v) is 62.1. The van der Waals surface area contributed by atoms with Gasteiger partial charge in [0.1, 0.15) is 44.7 Å². The second-order valence-electron chi connectivity index (χ2n) is 29.0. The Balaban J connectivity index is 0.622. The van der Waals surface area contributed by atoms with E-state index in [-0.39, 0.29) is 0 Å². The Hall–Kier alpha value is -14.8. The first-order valence-corrected chi connectivity index (χ1v) is 39.6. The third-order valence-electron chi connectivity index (χ3n) is 22.4. The van der Waals surface area contributed by atoms with Gasteiger partial charge in [0, 0.05) is 128 Å². The van der Waals surface area contributed by atoms with Crippen LogP contribution in [-0.4, -0.2) is 29.9 Å². The highest BCUT2D eigenvalue weighted by molar-refractivity contribution is 7.26. The third-order valence-corrected chi connectivity index (χ3v) is 24.7. The van der Waals surface area contributed by atoms with Gasteiger partial charge >= 0.3 is 0 Å². The molecule has 0 fully saturated rings. The van der Waals surface area contributed by atoms with E-state index >= 15 is 0 Å². The van der Waals surface area contributed by atoms with Crippen LogP contribution in [0.15, 0.2) is 357 Å². The standard InChI is InChI=1S/C102H56N6O4S2/c1-4-20-57(21-5-1)97-103-98(58-22-6-2-7-23-58)106-101(105-97)64-41-44-70-73-32-17-34-75(94(73)111-86(70)53-64)72-48-47-68(62-43-49-84-80(51-62)69-28-10-13-36-82(69)109-84)96-93(72)79-46-40-61(55-89(79)114-96)60-26-16-27-63(50-60)100-104-99(59-24-8-3-9-25-59)107-102(108-100)65-42-45-71-74-33-18-35-76(95(74)112-87(71)54-65)81-52-66(56-90-92(81)78-30-12-15-39-88(78)113-90)67-31-19-38-85-91(67)77-29-11-14-37-83(77)110-85/h1-56H. The topological polar surface area (TPSA) is 130 Å². The van der Waals surface area contributed by atoms with E-state index in [1.54, 1.807) is 11.3 Å². The Labute approximate surface area is 657 Å². The fourth-order valence-corrected chi connectivity index (χ4v) is 19.5. The van der Waals surface area contributed by atoms with Crippen molar-refractivity contribution in [2.24, 2.45) is 0 Å². The van der Waals surface area contributed by atoms with Gasteiger partial charge in [-0.25, -0.2) is 29.9 Å². The molecule has 0 amide bonds. The minimum absolute atomic E-state index is 0.531. The monoisotopic (exact) mass is 1490 g/mol. The number of aromatic nitrogens is 6. The van der Waals surface area contributed by atoms with Gasteiger partial charge in [0.2, 0.25) is 0 Å². The van der Waals surface area contributed by atoms with Crippen molar-refractivity contribution in [3.8, 4) is 124 Å². The number of para-hydroxylation sites is 4. The molecular weight excluding hydrogens is 1440 g/mol. The van der Waals surface area contributed by atoms with E-state index in [0.29, 0.717) is 34.9 Å². The van der Waals surface area contributed by atoms with Crippen LogP contribution in [0.5, 0.6) is 0 Å². The maximum Gasteiger partial charge on any atom is 0.164 e. The van der Waals surface area contributed by atoms with E-state index in [9.17, 15) is 0 Å². The molecule has 24 aromatic rings. The summed E-state index contributed by atoms with van der Waals surface area (Å²) in [5.41, 5.74) is 22.4. The highest BCUT2D eigenvalue weighted by Crippen LogP contribution is 2.52. The highest BCUT2D eigenvalue weighted by atomic mass is 32.1. The van der Waals surface area contributed by atoms with Crippen molar-refractivity contribution >= 4 is 151 Å². The van der Waals surface area contributed by atoms with Crippen LogP contribution in [0.1, 0.15) is 0 Å². The van der Waals surface area contributed by atoms with Gasteiger partial charge in [-0.1, -0.05) is 255 Å². The normalized spacial score (nSPS) is 12.0. The minimum Gasteiger partial charge on any atom is -0.456 e. The van der Waals surface area contributed by atoms with Gasteiger partial charge in [0.05, 0.1) is 0 Å². The van der Waals surface area contributed by atoms with Crippen molar-refractivity contribution in [1.82, 2.24) is 29.9 Å². The number of furan rings is 4. The van der Waals surface area contributed by atoms with E-state index in [2.05, 4.69) is 224 Å². The van der Waals surface area contributed by atoms with Crippen molar-refractivity contribution in [2.75, 3.05) is 0 Å². The van der Waals surface area contributed by atoms with Gasteiger partial charge in [0.15, 0.2) is 34.9 Å². The Bertz CT molecular complexity index is 8080. The number of nitrogens with zero attached hydrogens (tertiary/aromatic N) is 6. The molecule has 0 aliphatic heterocycles. The minimum atomic E-state index is 0.531. The molecule has 0 saturated carbocycles. The van der Waals surface area contributed by atoms with E-state index in [1.165, 1.54) is 20.2 Å². The Morgan fingerprint density at radius 1 is 0.175 bits per heavy atom. The van der Waals surface area contributed by atoms with E-state index in [1.807, 2.05) is 127 Å². The molecule has 114 heavy (non-hydrogen) atoms. The first-order chi connectivity index (χ1) is 56.4. The summed E-state index contributed by atoms with van der Waals surface area (Å²) in [4.78, 5) is 31.0. The fraction of sp³-hybridized carbons (Fsp3) is 0. The average molecular weight is 1490 g/mol. The predicted molar refractivity (Wildman–Crippen MR) is 468 cm³/mol. The van der Waals surface area contributed by atoms with Crippen LogP contribution in [0, 0.1) is 0 Å². The van der Waals surface area contributed by atoms with Gasteiger partial charge in [-0.15, -0.1) is 22.7 Å². The van der Waals surface area contributed by atoms with Gasteiger partial charge in [-0.05, 0) is 129 Å². The largest absolute Gasteiger partial charge is 0.456 e. The summed E-state index contributed by atoms with van der Waals surface area (Å²) in [5, 5.41) is 13.1. The molecule has 0 saturated heterocycles. The molecule has 0 unspecified atom stereocenters. The average Bonchev–Trinajstić information content (AvgIpc) is 1.56. The summed E-state index contributed by atoms with van der Waals surface area (Å²) < 4.78 is 31.9. The highest BCUT2D eigenvalue weighted by Gasteiger charge is 2.26. The number of fused-ring (bicyclic) bond motifs is 18. The lowest BCUT2D eigenvalue weighted by Gasteiger charge is -2.11. The molecule has 8 heterocycles. The summed E-state index contributed by atoms with van der Waals surface area (Å²) in [6.07, 6.45) is 0. The maximum absolute atomic E-state index is 7.20. The van der Waals surface area contributed by atoms with Gasteiger partial charge in [0.25, 0.3) is 0 Å². The number of thiophene rings is 2. The molecule has 0 atom stereocenters.